The van der Waals surface area contributed by atoms with Crippen LogP contribution in [0.15, 0.2) is 34.8 Å². The summed E-state index contributed by atoms with van der Waals surface area (Å²) in [4.78, 5) is 36.9. The van der Waals surface area contributed by atoms with Crippen molar-refractivity contribution in [2.75, 3.05) is 16.9 Å². The van der Waals surface area contributed by atoms with E-state index in [9.17, 15) is 9.59 Å². The van der Waals surface area contributed by atoms with Crippen molar-refractivity contribution in [2.24, 2.45) is 0 Å². The highest BCUT2D eigenvalue weighted by molar-refractivity contribution is 7.98. The van der Waals surface area contributed by atoms with Crippen molar-refractivity contribution in [3.63, 3.8) is 0 Å². The number of thioether (sulfide) groups is 1. The van der Waals surface area contributed by atoms with Gasteiger partial charge in [0.05, 0.1) is 5.69 Å². The number of anilines is 2. The van der Waals surface area contributed by atoms with E-state index >= 15 is 0 Å². The second-order valence-corrected chi connectivity index (χ2v) is 8.34. The summed E-state index contributed by atoms with van der Waals surface area (Å²) in [5, 5.41) is 8.80. The second-order valence-electron chi connectivity index (χ2n) is 6.70. The Balaban J connectivity index is 1.59. The molecule has 0 atom stereocenters. The number of carbonyl (C=O) groups excluding carboxylic acids is 2. The van der Waals surface area contributed by atoms with Gasteiger partial charge in [0.2, 0.25) is 11.8 Å². The Morgan fingerprint density at radius 2 is 1.70 bits per heavy atom. The number of thiazole rings is 1. The lowest BCUT2D eigenvalue weighted by Crippen LogP contribution is -2.13. The molecule has 156 valence electrons. The van der Waals surface area contributed by atoms with Gasteiger partial charge in [-0.3, -0.25) is 9.59 Å². The summed E-state index contributed by atoms with van der Waals surface area (Å²) in [7, 11) is 0. The van der Waals surface area contributed by atoms with Crippen molar-refractivity contribution in [3.8, 4) is 11.3 Å². The maximum atomic E-state index is 12.4. The van der Waals surface area contributed by atoms with Gasteiger partial charge in [0, 0.05) is 41.4 Å². The Morgan fingerprint density at radius 3 is 2.30 bits per heavy atom. The zero-order chi connectivity index (χ0) is 21.7. The highest BCUT2D eigenvalue weighted by Crippen LogP contribution is 2.26. The second kappa shape index (κ2) is 9.82. The molecule has 2 N–H and O–H groups in total. The van der Waals surface area contributed by atoms with Crippen molar-refractivity contribution in [3.05, 3.63) is 46.6 Å². The minimum Gasteiger partial charge on any atom is -0.326 e. The summed E-state index contributed by atoms with van der Waals surface area (Å²) in [6, 6.07) is 7.41. The van der Waals surface area contributed by atoms with E-state index in [2.05, 4.69) is 25.6 Å². The van der Waals surface area contributed by atoms with Crippen LogP contribution in [0.25, 0.3) is 11.3 Å². The number of amides is 2. The molecule has 3 aromatic rings. The third kappa shape index (κ3) is 5.64. The fourth-order valence-corrected chi connectivity index (χ4v) is 4.17. The van der Waals surface area contributed by atoms with Gasteiger partial charge in [-0.15, -0.1) is 11.3 Å². The third-order valence-electron chi connectivity index (χ3n) is 4.44. The zero-order valence-electron chi connectivity index (χ0n) is 17.3. The van der Waals surface area contributed by atoms with Crippen LogP contribution in [0.1, 0.15) is 30.3 Å². The number of aryl methyl sites for hydroxylation is 2. The molecule has 0 radical (unpaired) electrons. The van der Waals surface area contributed by atoms with Crippen LogP contribution in [0.4, 0.5) is 10.8 Å². The molecule has 2 aromatic heterocycles. The maximum absolute atomic E-state index is 12.4. The fraction of sp³-hybridized carbons (Fsp3) is 0.286. The molecule has 1 aromatic carbocycles. The summed E-state index contributed by atoms with van der Waals surface area (Å²) in [5.41, 5.74) is 5.27. The lowest BCUT2D eigenvalue weighted by molar-refractivity contribution is -0.116. The Morgan fingerprint density at radius 1 is 1.03 bits per heavy atom. The molecule has 0 bridgehead atoms. The molecule has 0 aliphatic carbocycles. The molecular weight excluding hydrogens is 418 g/mol. The van der Waals surface area contributed by atoms with E-state index in [1.807, 2.05) is 49.7 Å². The molecule has 3 rings (SSSR count). The van der Waals surface area contributed by atoms with Crippen molar-refractivity contribution in [1.82, 2.24) is 15.0 Å². The molecule has 0 fully saturated rings. The minimum absolute atomic E-state index is 0.0929. The predicted octanol–water partition coefficient (Wildman–Crippen LogP) is 4.47. The average molecular weight is 442 g/mol. The lowest BCUT2D eigenvalue weighted by Gasteiger charge is -2.09. The van der Waals surface area contributed by atoms with Crippen molar-refractivity contribution in [1.29, 1.82) is 0 Å². The molecule has 7 nitrogen and oxygen atoms in total. The zero-order valence-corrected chi connectivity index (χ0v) is 18.9. The van der Waals surface area contributed by atoms with Crippen LogP contribution in [0.5, 0.6) is 0 Å². The first-order valence-electron chi connectivity index (χ1n) is 9.37. The van der Waals surface area contributed by atoms with Crippen molar-refractivity contribution in [2.45, 2.75) is 38.8 Å². The Kier molecular flexibility index (Phi) is 7.17. The van der Waals surface area contributed by atoms with Crippen LogP contribution >= 0.6 is 23.1 Å². The summed E-state index contributed by atoms with van der Waals surface area (Å²) >= 11 is 2.89. The molecular formula is C21H23N5O2S2. The normalized spacial score (nSPS) is 10.7. The molecule has 0 spiro atoms. The Hall–Kier alpha value is -2.78. The maximum Gasteiger partial charge on any atom is 0.226 e. The van der Waals surface area contributed by atoms with Gasteiger partial charge in [-0.25, -0.2) is 15.0 Å². The van der Waals surface area contributed by atoms with Gasteiger partial charge < -0.3 is 10.6 Å². The summed E-state index contributed by atoms with van der Waals surface area (Å²) in [5.74, 6) is -0.205. The molecule has 0 aliphatic rings. The summed E-state index contributed by atoms with van der Waals surface area (Å²) < 4.78 is 0. The molecule has 9 heteroatoms. The first-order valence-corrected chi connectivity index (χ1v) is 11.5. The number of nitrogens with zero attached hydrogens (tertiary/aromatic N) is 3. The van der Waals surface area contributed by atoms with E-state index < -0.39 is 0 Å². The molecule has 0 saturated heterocycles. The van der Waals surface area contributed by atoms with Crippen LogP contribution in [0, 0.1) is 13.8 Å². The molecule has 2 heterocycles. The first kappa shape index (κ1) is 21.9. The molecule has 0 aliphatic heterocycles. The summed E-state index contributed by atoms with van der Waals surface area (Å²) in [6.07, 6.45) is 2.87. The van der Waals surface area contributed by atoms with Gasteiger partial charge >= 0.3 is 0 Å². The van der Waals surface area contributed by atoms with E-state index in [0.29, 0.717) is 18.0 Å². The van der Waals surface area contributed by atoms with Gasteiger partial charge in [-0.2, -0.15) is 0 Å². The van der Waals surface area contributed by atoms with Crippen molar-refractivity contribution >= 4 is 45.7 Å². The van der Waals surface area contributed by atoms with Crippen LogP contribution < -0.4 is 10.6 Å². The highest BCUT2D eigenvalue weighted by Gasteiger charge is 2.12. The van der Waals surface area contributed by atoms with Crippen LogP contribution in [-0.2, 0) is 16.0 Å². The van der Waals surface area contributed by atoms with Crippen molar-refractivity contribution < 1.29 is 9.59 Å². The number of nitrogens with one attached hydrogen (secondary N) is 2. The smallest absolute Gasteiger partial charge is 0.226 e. The largest absolute Gasteiger partial charge is 0.326 e. The SMILES string of the molecule is CSc1nc(C)c(CCC(=O)Nc2nc(-c3ccc(NC(C)=O)cc3)cs2)c(C)n1. The van der Waals surface area contributed by atoms with Gasteiger partial charge in [-0.1, -0.05) is 23.9 Å². The number of hydrogen-bond donors (Lipinski definition) is 2. The van der Waals surface area contributed by atoms with Crippen LogP contribution in [0.2, 0.25) is 0 Å². The van der Waals surface area contributed by atoms with Gasteiger partial charge in [0.25, 0.3) is 0 Å². The van der Waals surface area contributed by atoms with E-state index in [0.717, 1.165) is 39.1 Å². The Labute approximate surface area is 183 Å². The number of carbonyl (C=O) groups is 2. The number of rotatable bonds is 7. The highest BCUT2D eigenvalue weighted by atomic mass is 32.2. The first-order chi connectivity index (χ1) is 14.4. The lowest BCUT2D eigenvalue weighted by atomic mass is 10.1. The van der Waals surface area contributed by atoms with E-state index in [-0.39, 0.29) is 11.8 Å². The van der Waals surface area contributed by atoms with E-state index in [1.54, 1.807) is 0 Å². The Bertz CT molecular complexity index is 1040. The van der Waals surface area contributed by atoms with Crippen LogP contribution in [0.3, 0.4) is 0 Å². The third-order valence-corrected chi connectivity index (χ3v) is 5.74. The van der Waals surface area contributed by atoms with Crippen LogP contribution in [-0.4, -0.2) is 33.0 Å². The van der Waals surface area contributed by atoms with E-state index in [1.165, 1.54) is 30.0 Å². The van der Waals surface area contributed by atoms with E-state index in [4.69, 9.17) is 0 Å². The monoisotopic (exact) mass is 441 g/mol. The van der Waals surface area contributed by atoms with Gasteiger partial charge in [0.1, 0.15) is 0 Å². The predicted molar refractivity (Wildman–Crippen MR) is 122 cm³/mol. The number of benzene rings is 1. The standard InChI is InChI=1S/C21H23N5O2S2/c1-12-17(13(2)23-20(22-12)29-4)9-10-19(28)26-21-25-18(11-30-21)15-5-7-16(8-6-15)24-14(3)27/h5-8,11H,9-10H2,1-4H3,(H,24,27)(H,25,26,28). The average Bonchev–Trinajstić information content (AvgIpc) is 3.15. The topological polar surface area (TPSA) is 96.9 Å². The number of hydrogen-bond acceptors (Lipinski definition) is 7. The minimum atomic E-state index is -0.112. The molecule has 2 amide bonds. The molecule has 30 heavy (non-hydrogen) atoms. The van der Waals surface area contributed by atoms with Gasteiger partial charge in [0.15, 0.2) is 10.3 Å². The fourth-order valence-electron chi connectivity index (χ4n) is 2.97. The molecule has 0 saturated carbocycles. The quantitative estimate of drug-likeness (QED) is 0.415. The number of aromatic nitrogens is 3. The summed E-state index contributed by atoms with van der Waals surface area (Å²) in [6.45, 7) is 5.37. The molecule has 0 unspecified atom stereocenters. The van der Waals surface area contributed by atoms with Gasteiger partial charge in [-0.05, 0) is 44.2 Å².